The van der Waals surface area contributed by atoms with E-state index in [0.29, 0.717) is 18.9 Å². The molecule has 1 saturated heterocycles. The van der Waals surface area contributed by atoms with E-state index in [-0.39, 0.29) is 5.91 Å². The third-order valence-electron chi connectivity index (χ3n) is 6.23. The Balaban J connectivity index is 1.61. The quantitative estimate of drug-likeness (QED) is 0.579. The molecule has 1 aromatic carbocycles. The maximum atomic E-state index is 13.6. The first-order valence-corrected chi connectivity index (χ1v) is 11.4. The first kappa shape index (κ1) is 22.2. The van der Waals surface area contributed by atoms with Crippen LogP contribution in [0.3, 0.4) is 0 Å². The van der Waals surface area contributed by atoms with Crippen LogP contribution in [0, 0.1) is 11.3 Å². The lowest BCUT2D eigenvalue weighted by Gasteiger charge is -2.30. The zero-order valence-corrected chi connectivity index (χ0v) is 19.0. The summed E-state index contributed by atoms with van der Waals surface area (Å²) in [6.45, 7) is 7.43. The molecule has 5 heteroatoms. The predicted molar refractivity (Wildman–Crippen MR) is 128 cm³/mol. The number of hydrogen-bond acceptors (Lipinski definition) is 4. The number of aromatic nitrogens is 2. The third kappa shape index (κ3) is 5.22. The summed E-state index contributed by atoms with van der Waals surface area (Å²) in [5, 5.41) is 3.24. The van der Waals surface area contributed by atoms with Gasteiger partial charge in [0, 0.05) is 50.0 Å². The molecule has 0 spiro atoms. The Hall–Kier alpha value is -3.05. The van der Waals surface area contributed by atoms with Gasteiger partial charge in [-0.2, -0.15) is 0 Å². The molecule has 3 aromatic rings. The van der Waals surface area contributed by atoms with Crippen LogP contribution in [0.2, 0.25) is 0 Å². The fourth-order valence-corrected chi connectivity index (χ4v) is 4.58. The van der Waals surface area contributed by atoms with Crippen molar-refractivity contribution in [3.63, 3.8) is 0 Å². The van der Waals surface area contributed by atoms with Crippen molar-refractivity contribution in [1.82, 2.24) is 20.2 Å². The highest BCUT2D eigenvalue weighted by Gasteiger charge is 2.44. The van der Waals surface area contributed by atoms with Gasteiger partial charge in [0.15, 0.2) is 0 Å². The van der Waals surface area contributed by atoms with Gasteiger partial charge in [-0.05, 0) is 54.1 Å². The molecular weight excluding hydrogens is 396 g/mol. The average Bonchev–Trinajstić information content (AvgIpc) is 3.22. The Kier molecular flexibility index (Phi) is 6.96. The molecule has 1 amide bonds. The fourth-order valence-electron chi connectivity index (χ4n) is 4.58. The summed E-state index contributed by atoms with van der Waals surface area (Å²) in [6.07, 6.45) is 8.96. The summed E-state index contributed by atoms with van der Waals surface area (Å²) in [5.74, 6) is 0.590. The molecule has 1 N–H and O–H groups in total. The monoisotopic (exact) mass is 428 g/mol. The fraction of sp³-hybridized carbons (Fsp3) is 0.370. The van der Waals surface area contributed by atoms with E-state index in [4.69, 9.17) is 0 Å². The number of hydrogen-bond donors (Lipinski definition) is 1. The molecule has 0 bridgehead atoms. The minimum Gasteiger partial charge on any atom is -0.355 e. The molecular formula is C27H32N4O. The first-order valence-electron chi connectivity index (χ1n) is 11.4. The molecule has 1 aliphatic rings. The summed E-state index contributed by atoms with van der Waals surface area (Å²) >= 11 is 0. The van der Waals surface area contributed by atoms with E-state index in [1.165, 1.54) is 11.1 Å². The van der Waals surface area contributed by atoms with Gasteiger partial charge in [-0.1, -0.05) is 50.2 Å². The number of nitrogens with zero attached hydrogens (tertiary/aromatic N) is 3. The van der Waals surface area contributed by atoms with E-state index in [0.717, 1.165) is 37.2 Å². The smallest absolute Gasteiger partial charge is 0.227 e. The van der Waals surface area contributed by atoms with E-state index in [1.807, 2.05) is 24.5 Å². The minimum atomic E-state index is -0.449. The minimum absolute atomic E-state index is 0.167. The average molecular weight is 429 g/mol. The Bertz CT molecular complexity index is 1020. The molecule has 0 radical (unpaired) electrons. The van der Waals surface area contributed by atoms with Gasteiger partial charge >= 0.3 is 0 Å². The molecule has 166 valence electrons. The third-order valence-corrected chi connectivity index (χ3v) is 6.23. The number of rotatable bonds is 8. The molecule has 5 nitrogen and oxygen atoms in total. The number of benzene rings is 1. The molecule has 2 aromatic heterocycles. The zero-order valence-electron chi connectivity index (χ0n) is 19.0. The van der Waals surface area contributed by atoms with Gasteiger partial charge in [0.05, 0.1) is 5.41 Å². The van der Waals surface area contributed by atoms with Gasteiger partial charge < -0.3 is 5.32 Å². The number of amides is 1. The second-order valence-corrected chi connectivity index (χ2v) is 9.28. The summed E-state index contributed by atoms with van der Waals surface area (Å²) in [4.78, 5) is 24.5. The van der Waals surface area contributed by atoms with Crippen LogP contribution in [0.4, 0.5) is 0 Å². The maximum absolute atomic E-state index is 13.6. The van der Waals surface area contributed by atoms with Crippen molar-refractivity contribution in [3.8, 4) is 11.1 Å². The Labute approximate surface area is 190 Å². The van der Waals surface area contributed by atoms with Gasteiger partial charge in [-0.15, -0.1) is 0 Å². The van der Waals surface area contributed by atoms with Crippen molar-refractivity contribution < 1.29 is 4.79 Å². The van der Waals surface area contributed by atoms with Gasteiger partial charge in [0.25, 0.3) is 0 Å². The van der Waals surface area contributed by atoms with Crippen LogP contribution >= 0.6 is 0 Å². The molecule has 4 rings (SSSR count). The van der Waals surface area contributed by atoms with Crippen LogP contribution in [0.15, 0.2) is 73.3 Å². The summed E-state index contributed by atoms with van der Waals surface area (Å²) in [5.41, 5.74) is 4.17. The maximum Gasteiger partial charge on any atom is 0.227 e. The lowest BCUT2D eigenvalue weighted by atomic mass is 9.78. The SMILES string of the molecule is CC(C)CNC(=O)[C@@]1(Cc2ccccc2-c2cccnc2)CCN(Cc2cccnc2)C1. The van der Waals surface area contributed by atoms with E-state index in [1.54, 1.807) is 12.4 Å². The molecule has 0 saturated carbocycles. The number of carbonyl (C=O) groups excluding carboxylic acids is 1. The molecule has 32 heavy (non-hydrogen) atoms. The van der Waals surface area contributed by atoms with Crippen molar-refractivity contribution >= 4 is 5.91 Å². The van der Waals surface area contributed by atoms with Gasteiger partial charge in [0.2, 0.25) is 5.91 Å². The highest BCUT2D eigenvalue weighted by Crippen LogP contribution is 2.38. The van der Waals surface area contributed by atoms with Crippen LogP contribution in [-0.4, -0.2) is 40.4 Å². The number of likely N-dealkylation sites (tertiary alicyclic amines) is 1. The topological polar surface area (TPSA) is 58.1 Å². The van der Waals surface area contributed by atoms with Crippen LogP contribution in [0.5, 0.6) is 0 Å². The summed E-state index contributed by atoms with van der Waals surface area (Å²) in [6, 6.07) is 16.5. The van der Waals surface area contributed by atoms with Gasteiger partial charge in [-0.3, -0.25) is 19.7 Å². The van der Waals surface area contributed by atoms with Crippen LogP contribution in [0.1, 0.15) is 31.4 Å². The first-order chi connectivity index (χ1) is 15.6. The van der Waals surface area contributed by atoms with E-state index in [9.17, 15) is 4.79 Å². The predicted octanol–water partition coefficient (Wildman–Crippen LogP) is 4.35. The molecule has 1 aliphatic heterocycles. The molecule has 0 unspecified atom stereocenters. The zero-order chi connectivity index (χ0) is 22.4. The molecule has 1 fully saturated rings. The summed E-state index contributed by atoms with van der Waals surface area (Å²) < 4.78 is 0. The number of carbonyl (C=O) groups is 1. The van der Waals surface area contributed by atoms with E-state index < -0.39 is 5.41 Å². The second kappa shape index (κ2) is 10.0. The van der Waals surface area contributed by atoms with Crippen molar-refractivity contribution in [1.29, 1.82) is 0 Å². The number of pyridine rings is 2. The van der Waals surface area contributed by atoms with Gasteiger partial charge in [-0.25, -0.2) is 0 Å². The highest BCUT2D eigenvalue weighted by atomic mass is 16.2. The van der Waals surface area contributed by atoms with Crippen LogP contribution < -0.4 is 5.32 Å². The Morgan fingerprint density at radius 2 is 1.84 bits per heavy atom. The number of nitrogens with one attached hydrogen (secondary N) is 1. The van der Waals surface area contributed by atoms with Crippen molar-refractivity contribution in [3.05, 3.63) is 84.4 Å². The van der Waals surface area contributed by atoms with Crippen molar-refractivity contribution in [2.45, 2.75) is 33.2 Å². The molecule has 0 aliphatic carbocycles. The van der Waals surface area contributed by atoms with E-state index >= 15 is 0 Å². The normalized spacial score (nSPS) is 18.7. The largest absolute Gasteiger partial charge is 0.355 e. The van der Waals surface area contributed by atoms with Gasteiger partial charge in [0.1, 0.15) is 0 Å². The second-order valence-electron chi connectivity index (χ2n) is 9.28. The Morgan fingerprint density at radius 3 is 2.56 bits per heavy atom. The molecule has 3 heterocycles. The van der Waals surface area contributed by atoms with E-state index in [2.05, 4.69) is 70.4 Å². The molecule has 1 atom stereocenters. The van der Waals surface area contributed by atoms with Crippen LogP contribution in [-0.2, 0) is 17.8 Å². The lowest BCUT2D eigenvalue weighted by Crippen LogP contribution is -2.45. The van der Waals surface area contributed by atoms with Crippen LogP contribution in [0.25, 0.3) is 11.1 Å². The standard InChI is InChI=1S/C27H32N4O/c1-21(2)16-30-26(32)27(11-14-31(20-27)19-22-7-5-12-28-17-22)15-23-8-3-4-10-25(23)24-9-6-13-29-18-24/h3-10,12-13,17-18,21H,11,14-16,19-20H2,1-2H3,(H,30,32)/t27-/m1/s1. The summed E-state index contributed by atoms with van der Waals surface area (Å²) in [7, 11) is 0. The lowest BCUT2D eigenvalue weighted by molar-refractivity contribution is -0.130. The highest BCUT2D eigenvalue weighted by molar-refractivity contribution is 5.84. The Morgan fingerprint density at radius 1 is 1.06 bits per heavy atom. The van der Waals surface area contributed by atoms with Crippen molar-refractivity contribution in [2.24, 2.45) is 11.3 Å². The van der Waals surface area contributed by atoms with Crippen molar-refractivity contribution in [2.75, 3.05) is 19.6 Å².